The van der Waals surface area contributed by atoms with E-state index in [1.807, 2.05) is 0 Å². The fourth-order valence-corrected chi connectivity index (χ4v) is 1.45. The predicted octanol–water partition coefficient (Wildman–Crippen LogP) is -0.410. The molecule has 1 aliphatic heterocycles. The number of nitrogens with zero attached hydrogens (tertiary/aromatic N) is 1. The van der Waals surface area contributed by atoms with E-state index in [1.54, 1.807) is 11.9 Å². The number of amides is 2. The Bertz CT molecular complexity index is 244. The molecule has 0 aromatic rings. The smallest absolute Gasteiger partial charge is 0.317 e. The lowest BCUT2D eigenvalue weighted by Crippen LogP contribution is -2.49. The number of carbonyl (C=O) groups is 2. The highest BCUT2D eigenvalue weighted by Crippen LogP contribution is 2.09. The molecule has 1 unspecified atom stereocenters. The Hall–Kier alpha value is -1.30. The van der Waals surface area contributed by atoms with Crippen LogP contribution in [0.3, 0.4) is 0 Å². The van der Waals surface area contributed by atoms with E-state index in [1.165, 1.54) is 7.11 Å². The molecule has 1 saturated heterocycles. The number of ether oxygens (including phenoxy) is 2. The van der Waals surface area contributed by atoms with E-state index < -0.39 is 0 Å². The number of rotatable bonds is 2. The second-order valence-corrected chi connectivity index (χ2v) is 3.27. The summed E-state index contributed by atoms with van der Waals surface area (Å²) >= 11 is 0. The first-order valence-electron chi connectivity index (χ1n) is 4.82. The van der Waals surface area contributed by atoms with Crippen molar-refractivity contribution in [3.8, 4) is 0 Å². The van der Waals surface area contributed by atoms with Crippen LogP contribution in [0.1, 0.15) is 6.42 Å². The van der Waals surface area contributed by atoms with Crippen LogP contribution >= 0.6 is 0 Å². The largest absolute Gasteiger partial charge is 0.469 e. The second-order valence-electron chi connectivity index (χ2n) is 3.27. The van der Waals surface area contributed by atoms with E-state index >= 15 is 0 Å². The number of hydrogen-bond acceptors (Lipinski definition) is 4. The van der Waals surface area contributed by atoms with Gasteiger partial charge in [-0.3, -0.25) is 4.79 Å². The summed E-state index contributed by atoms with van der Waals surface area (Å²) in [6, 6.07) is -0.145. The van der Waals surface area contributed by atoms with Crippen molar-refractivity contribution >= 4 is 12.0 Å². The predicted molar refractivity (Wildman–Crippen MR) is 52.4 cm³/mol. The van der Waals surface area contributed by atoms with Crippen molar-refractivity contribution in [2.24, 2.45) is 0 Å². The number of methoxy groups -OCH3 is 1. The number of carbonyl (C=O) groups excluding carboxylic acids is 2. The molecule has 1 rings (SSSR count). The van der Waals surface area contributed by atoms with Gasteiger partial charge in [-0.1, -0.05) is 0 Å². The molecule has 1 heterocycles. The van der Waals surface area contributed by atoms with Gasteiger partial charge in [-0.15, -0.1) is 0 Å². The molecule has 15 heavy (non-hydrogen) atoms. The fourth-order valence-electron chi connectivity index (χ4n) is 1.45. The quantitative estimate of drug-likeness (QED) is 0.637. The van der Waals surface area contributed by atoms with Crippen molar-refractivity contribution in [2.45, 2.75) is 12.5 Å². The van der Waals surface area contributed by atoms with Crippen molar-refractivity contribution in [1.29, 1.82) is 0 Å². The minimum atomic E-state index is -0.321. The summed E-state index contributed by atoms with van der Waals surface area (Å²) in [5.74, 6) is -0.321. The maximum absolute atomic E-state index is 11.3. The average molecular weight is 216 g/mol. The minimum absolute atomic E-state index is 0.145. The maximum Gasteiger partial charge on any atom is 0.317 e. The third kappa shape index (κ3) is 3.39. The molecular formula is C9H16N2O4. The zero-order chi connectivity index (χ0) is 11.3. The van der Waals surface area contributed by atoms with Gasteiger partial charge in [-0.05, 0) is 0 Å². The van der Waals surface area contributed by atoms with Crippen molar-refractivity contribution in [1.82, 2.24) is 10.2 Å². The Morgan fingerprint density at radius 2 is 2.33 bits per heavy atom. The molecule has 1 atom stereocenters. The van der Waals surface area contributed by atoms with E-state index in [0.717, 1.165) is 0 Å². The van der Waals surface area contributed by atoms with Crippen LogP contribution < -0.4 is 5.32 Å². The third-order valence-corrected chi connectivity index (χ3v) is 2.26. The van der Waals surface area contributed by atoms with Gasteiger partial charge in [0, 0.05) is 20.1 Å². The molecule has 0 spiro atoms. The fraction of sp³-hybridized carbons (Fsp3) is 0.778. The number of esters is 1. The third-order valence-electron chi connectivity index (χ3n) is 2.26. The number of urea groups is 1. The van der Waals surface area contributed by atoms with Crippen LogP contribution in [0, 0.1) is 0 Å². The summed E-state index contributed by atoms with van der Waals surface area (Å²) in [5, 5.41) is 2.54. The molecule has 6 heteroatoms. The number of nitrogens with one attached hydrogen (secondary N) is 1. The monoisotopic (exact) mass is 216 g/mol. The van der Waals surface area contributed by atoms with Gasteiger partial charge >= 0.3 is 12.0 Å². The van der Waals surface area contributed by atoms with Crippen LogP contribution in [0.5, 0.6) is 0 Å². The normalized spacial score (nSPS) is 20.9. The Morgan fingerprint density at radius 3 is 2.93 bits per heavy atom. The van der Waals surface area contributed by atoms with Crippen LogP contribution in [0.2, 0.25) is 0 Å². The summed E-state index contributed by atoms with van der Waals surface area (Å²) in [4.78, 5) is 23.9. The SMILES string of the molecule is CNC(=O)N1CCOC(CC(=O)OC)C1. The van der Waals surface area contributed by atoms with Gasteiger partial charge in [0.25, 0.3) is 0 Å². The van der Waals surface area contributed by atoms with Gasteiger partial charge < -0.3 is 19.7 Å². The molecule has 6 nitrogen and oxygen atoms in total. The molecule has 0 bridgehead atoms. The van der Waals surface area contributed by atoms with E-state index in [0.29, 0.717) is 19.7 Å². The highest BCUT2D eigenvalue weighted by atomic mass is 16.5. The lowest BCUT2D eigenvalue weighted by molar-refractivity contribution is -0.145. The molecule has 0 aliphatic carbocycles. The number of morpholine rings is 1. The first-order valence-corrected chi connectivity index (χ1v) is 4.82. The molecule has 1 N–H and O–H groups in total. The molecule has 1 fully saturated rings. The van der Waals surface area contributed by atoms with Gasteiger partial charge in [0.2, 0.25) is 0 Å². The van der Waals surface area contributed by atoms with Gasteiger partial charge in [-0.2, -0.15) is 0 Å². The van der Waals surface area contributed by atoms with E-state index in [2.05, 4.69) is 10.1 Å². The van der Waals surface area contributed by atoms with E-state index in [-0.39, 0.29) is 24.5 Å². The van der Waals surface area contributed by atoms with Crippen molar-refractivity contribution < 1.29 is 19.1 Å². The zero-order valence-corrected chi connectivity index (χ0v) is 8.99. The van der Waals surface area contributed by atoms with E-state index in [4.69, 9.17) is 4.74 Å². The Balaban J connectivity index is 2.42. The summed E-state index contributed by atoms with van der Waals surface area (Å²) in [5.41, 5.74) is 0. The highest BCUT2D eigenvalue weighted by Gasteiger charge is 2.25. The van der Waals surface area contributed by atoms with Crippen LogP contribution in [0.15, 0.2) is 0 Å². The van der Waals surface area contributed by atoms with Gasteiger partial charge in [0.1, 0.15) is 0 Å². The first kappa shape index (κ1) is 11.8. The van der Waals surface area contributed by atoms with Crippen LogP contribution in [0.4, 0.5) is 4.79 Å². The van der Waals surface area contributed by atoms with Gasteiger partial charge in [0.15, 0.2) is 0 Å². The summed E-state index contributed by atoms with van der Waals surface area (Å²) in [6.45, 7) is 1.43. The summed E-state index contributed by atoms with van der Waals surface area (Å²) < 4.78 is 9.89. The lowest BCUT2D eigenvalue weighted by atomic mass is 10.2. The highest BCUT2D eigenvalue weighted by molar-refractivity contribution is 5.74. The second kappa shape index (κ2) is 5.55. The lowest BCUT2D eigenvalue weighted by Gasteiger charge is -2.32. The first-order chi connectivity index (χ1) is 7.17. The van der Waals surface area contributed by atoms with E-state index in [9.17, 15) is 9.59 Å². The zero-order valence-electron chi connectivity index (χ0n) is 8.99. The molecule has 0 aromatic carbocycles. The number of hydrogen-bond donors (Lipinski definition) is 1. The van der Waals surface area contributed by atoms with Gasteiger partial charge in [-0.25, -0.2) is 4.79 Å². The summed E-state index contributed by atoms with van der Waals surface area (Å²) in [6.07, 6.45) is -0.0761. The van der Waals surface area contributed by atoms with Crippen molar-refractivity contribution in [2.75, 3.05) is 33.9 Å². The molecule has 0 aromatic heterocycles. The van der Waals surface area contributed by atoms with Gasteiger partial charge in [0.05, 0.1) is 26.2 Å². The molecule has 0 saturated carbocycles. The average Bonchev–Trinajstić information content (AvgIpc) is 2.28. The topological polar surface area (TPSA) is 67.9 Å². The Labute approximate surface area is 88.5 Å². The van der Waals surface area contributed by atoms with Crippen molar-refractivity contribution in [3.63, 3.8) is 0 Å². The molecule has 1 aliphatic rings. The Kier molecular flexibility index (Phi) is 4.36. The van der Waals surface area contributed by atoms with Crippen LogP contribution in [-0.2, 0) is 14.3 Å². The Morgan fingerprint density at radius 1 is 1.60 bits per heavy atom. The maximum atomic E-state index is 11.3. The molecule has 86 valence electrons. The van der Waals surface area contributed by atoms with Crippen LogP contribution in [-0.4, -0.2) is 56.9 Å². The molecular weight excluding hydrogens is 200 g/mol. The standard InChI is InChI=1S/C9H16N2O4/c1-10-9(13)11-3-4-15-7(6-11)5-8(12)14-2/h7H,3-6H2,1-2H3,(H,10,13). The minimum Gasteiger partial charge on any atom is -0.469 e. The summed E-state index contributed by atoms with van der Waals surface area (Å²) in [7, 11) is 2.91. The van der Waals surface area contributed by atoms with Crippen LogP contribution in [0.25, 0.3) is 0 Å². The molecule has 2 amide bonds. The molecule has 0 radical (unpaired) electrons. The van der Waals surface area contributed by atoms with Crippen molar-refractivity contribution in [3.05, 3.63) is 0 Å².